The summed E-state index contributed by atoms with van der Waals surface area (Å²) in [6.07, 6.45) is 4.03. The average Bonchev–Trinajstić information content (AvgIpc) is 2.81. The lowest BCUT2D eigenvalue weighted by Crippen LogP contribution is -2.61. The van der Waals surface area contributed by atoms with Gasteiger partial charge < -0.3 is 91.0 Å². The molecule has 87 heavy (non-hydrogen) atoms. The largest absolute Gasteiger partial charge is 0.480 e. The molecule has 470 valence electrons. The standard InChI is InChI=1S/C59H82N16O12/c1-32(2)49(75-54(83)43(21-12-13-23-60)71-56(85)45(25-35-15-6-5-7-16-35)72-53(82)44(22-14-24-64-59(62)63)70-52(81)40(61)31-76)58(87)74-47(27-37-29-66-42-20-11-9-18-39(37)42)57(86)73-46(26-36-28-65-41-19-10-8-17-38(36)41)55(84)69-34(4)51(80)68-33(3)50(79)67-30-48(77)78/h5-11,15-20,28-29,32-34,40,43-47,49,65-66,76H,12-14,21-27,30-31,60-61H2,1-4H3,(H,67,79)(H,68,80)(H,69,84)(H,70,81)(H,71,85)(H,72,82)(H,73,86)(H,74,87)(H,75,83)(H,77,78)(H4,62,63,64)/t33-,34-,40-,43-,44-,45-,46-,47-,49-/m0/s1. The molecule has 0 saturated carbocycles. The molecule has 0 bridgehead atoms. The lowest BCUT2D eigenvalue weighted by Gasteiger charge is -2.29. The van der Waals surface area contributed by atoms with Gasteiger partial charge in [0.2, 0.25) is 53.2 Å². The van der Waals surface area contributed by atoms with Crippen LogP contribution in [0.3, 0.4) is 0 Å². The Morgan fingerprint density at radius 1 is 0.517 bits per heavy atom. The summed E-state index contributed by atoms with van der Waals surface area (Å²) in [4.78, 5) is 147. The van der Waals surface area contributed by atoms with Crippen molar-refractivity contribution in [3.63, 3.8) is 0 Å². The minimum atomic E-state index is -1.43. The number of aliphatic carboxylic acids is 1. The maximum absolute atomic E-state index is 15.0. The Morgan fingerprint density at radius 2 is 0.966 bits per heavy atom. The number of carbonyl (C=O) groups is 10. The zero-order valence-corrected chi connectivity index (χ0v) is 49.2. The van der Waals surface area contributed by atoms with Crippen molar-refractivity contribution in [3.8, 4) is 0 Å². The molecule has 0 aliphatic rings. The van der Waals surface area contributed by atoms with Crippen LogP contribution in [0.5, 0.6) is 0 Å². The van der Waals surface area contributed by atoms with Crippen LogP contribution in [-0.2, 0) is 67.2 Å². The molecule has 2 aromatic heterocycles. The molecular formula is C59H82N16O12. The lowest BCUT2D eigenvalue weighted by atomic mass is 9.98. The van der Waals surface area contributed by atoms with Crippen LogP contribution < -0.4 is 70.8 Å². The van der Waals surface area contributed by atoms with Gasteiger partial charge in [-0.1, -0.05) is 80.6 Å². The van der Waals surface area contributed by atoms with Crippen molar-refractivity contribution in [2.24, 2.45) is 33.8 Å². The van der Waals surface area contributed by atoms with E-state index in [4.69, 9.17) is 28.0 Å². The molecule has 21 N–H and O–H groups in total. The number of nitrogens with one attached hydrogen (secondary N) is 11. The fourth-order valence-electron chi connectivity index (χ4n) is 9.38. The summed E-state index contributed by atoms with van der Waals surface area (Å²) < 4.78 is 0. The summed E-state index contributed by atoms with van der Waals surface area (Å²) in [5, 5.41) is 43.6. The van der Waals surface area contributed by atoms with Crippen LogP contribution in [0.4, 0.5) is 0 Å². The number of benzene rings is 3. The summed E-state index contributed by atoms with van der Waals surface area (Å²) in [7, 11) is 0. The normalized spacial score (nSPS) is 14.3. The van der Waals surface area contributed by atoms with E-state index in [9.17, 15) is 53.1 Å². The quantitative estimate of drug-likeness (QED) is 0.0118. The van der Waals surface area contributed by atoms with Crippen molar-refractivity contribution < 1.29 is 58.2 Å². The van der Waals surface area contributed by atoms with Crippen LogP contribution in [0, 0.1) is 5.92 Å². The molecule has 2 heterocycles. The Morgan fingerprint density at radius 3 is 1.49 bits per heavy atom. The van der Waals surface area contributed by atoms with E-state index < -0.39 is 133 Å². The number of aliphatic hydroxyl groups is 1. The number of fused-ring (bicyclic) bond motifs is 2. The van der Waals surface area contributed by atoms with E-state index in [1.165, 1.54) is 13.8 Å². The number of aromatic nitrogens is 2. The maximum atomic E-state index is 15.0. The number of carbonyl (C=O) groups excluding carboxylic acids is 9. The molecule has 28 heteroatoms. The maximum Gasteiger partial charge on any atom is 0.322 e. The minimum Gasteiger partial charge on any atom is -0.480 e. The number of aliphatic imine (C=N–C) groups is 1. The van der Waals surface area contributed by atoms with Crippen LogP contribution in [0.2, 0.25) is 0 Å². The van der Waals surface area contributed by atoms with E-state index in [2.05, 4.69) is 62.8 Å². The van der Waals surface area contributed by atoms with Gasteiger partial charge in [-0.15, -0.1) is 0 Å². The predicted octanol–water partition coefficient (Wildman–Crippen LogP) is -2.05. The van der Waals surface area contributed by atoms with Gasteiger partial charge in [-0.05, 0) is 87.2 Å². The Bertz CT molecular complexity index is 3200. The number of nitrogens with zero attached hydrogens (tertiary/aromatic N) is 1. The van der Waals surface area contributed by atoms with Crippen molar-refractivity contribution in [3.05, 3.63) is 108 Å². The van der Waals surface area contributed by atoms with E-state index in [1.54, 1.807) is 68.7 Å². The predicted molar refractivity (Wildman–Crippen MR) is 324 cm³/mol. The fraction of sp³-hybridized carbons (Fsp3) is 0.441. The third-order valence-electron chi connectivity index (χ3n) is 14.2. The Hall–Kier alpha value is -9.41. The van der Waals surface area contributed by atoms with Crippen LogP contribution in [0.1, 0.15) is 76.5 Å². The van der Waals surface area contributed by atoms with Gasteiger partial charge in [0.05, 0.1) is 6.61 Å². The summed E-state index contributed by atoms with van der Waals surface area (Å²) in [6, 6.07) is 11.2. The topological polar surface area (TPSA) is 467 Å². The molecule has 0 unspecified atom stereocenters. The Balaban J connectivity index is 1.43. The fourth-order valence-corrected chi connectivity index (χ4v) is 9.38. The van der Waals surface area contributed by atoms with Gasteiger partial charge in [-0.2, -0.15) is 0 Å². The van der Waals surface area contributed by atoms with E-state index >= 15 is 0 Å². The van der Waals surface area contributed by atoms with Gasteiger partial charge in [0.1, 0.15) is 60.9 Å². The second kappa shape index (κ2) is 33.9. The first kappa shape index (κ1) is 68.4. The first-order valence-corrected chi connectivity index (χ1v) is 28.7. The molecule has 5 aromatic rings. The van der Waals surface area contributed by atoms with Crippen molar-refractivity contribution in [1.29, 1.82) is 0 Å². The number of unbranched alkanes of at least 4 members (excludes halogenated alkanes) is 1. The van der Waals surface area contributed by atoms with E-state index in [1.807, 2.05) is 36.4 Å². The molecule has 0 saturated heterocycles. The third-order valence-corrected chi connectivity index (χ3v) is 14.2. The zero-order valence-electron chi connectivity index (χ0n) is 49.2. The summed E-state index contributed by atoms with van der Waals surface area (Å²) in [5.41, 5.74) is 25.9. The van der Waals surface area contributed by atoms with Gasteiger partial charge in [0, 0.05) is 60.0 Å². The van der Waals surface area contributed by atoms with Crippen LogP contribution in [0.25, 0.3) is 21.8 Å². The highest BCUT2D eigenvalue weighted by atomic mass is 16.4. The second-order valence-electron chi connectivity index (χ2n) is 21.4. The van der Waals surface area contributed by atoms with E-state index in [-0.39, 0.29) is 57.6 Å². The molecule has 0 aliphatic carbocycles. The highest BCUT2D eigenvalue weighted by Gasteiger charge is 2.36. The molecule has 0 aliphatic heterocycles. The minimum absolute atomic E-state index is 0.0108. The van der Waals surface area contributed by atoms with Gasteiger partial charge in [-0.3, -0.25) is 52.9 Å². The Kier molecular flexibility index (Phi) is 26.7. The van der Waals surface area contributed by atoms with Crippen LogP contribution in [0.15, 0.2) is 96.2 Å². The van der Waals surface area contributed by atoms with Gasteiger partial charge >= 0.3 is 5.97 Å². The molecule has 28 nitrogen and oxygen atoms in total. The number of carboxylic acid groups (broad SMARTS) is 1. The summed E-state index contributed by atoms with van der Waals surface area (Å²) >= 11 is 0. The number of aromatic amines is 2. The molecule has 9 amide bonds. The van der Waals surface area contributed by atoms with Crippen molar-refractivity contribution >= 4 is 86.9 Å². The summed E-state index contributed by atoms with van der Waals surface area (Å²) in [5.74, 6) is -9.38. The highest BCUT2D eigenvalue weighted by molar-refractivity contribution is 5.99. The SMILES string of the molecule is CC(C)[C@H](NC(=O)[C@H](CCCCN)NC(=O)[C@H](Cc1ccccc1)NC(=O)[C@H](CCCN=C(N)N)NC(=O)[C@@H](N)CO)C(=O)N[C@@H](Cc1c[nH]c2ccccc12)C(=O)N[C@@H](Cc1c[nH]c2ccccc12)C(=O)N[C@@H](C)C(=O)N[C@@H](C)C(=O)NCC(=O)O. The molecule has 9 atom stereocenters. The molecule has 5 rings (SSSR count). The van der Waals surface area contributed by atoms with E-state index in [0.717, 1.165) is 21.8 Å². The van der Waals surface area contributed by atoms with Gasteiger partial charge in [0.25, 0.3) is 0 Å². The van der Waals surface area contributed by atoms with Crippen molar-refractivity contribution in [2.45, 2.75) is 133 Å². The number of rotatable bonds is 35. The van der Waals surface area contributed by atoms with Gasteiger partial charge in [-0.25, -0.2) is 0 Å². The molecule has 0 spiro atoms. The van der Waals surface area contributed by atoms with Crippen LogP contribution in [-0.4, -0.2) is 166 Å². The van der Waals surface area contributed by atoms with Crippen LogP contribution >= 0.6 is 0 Å². The number of para-hydroxylation sites is 2. The molecule has 0 radical (unpaired) electrons. The molecular weight excluding hydrogens is 1120 g/mol. The Labute approximate surface area is 502 Å². The average molecular weight is 1210 g/mol. The van der Waals surface area contributed by atoms with E-state index in [0.29, 0.717) is 29.5 Å². The molecule has 3 aromatic carbocycles. The number of nitrogens with two attached hydrogens (primary N) is 4. The zero-order chi connectivity index (χ0) is 63.7. The number of H-pyrrole nitrogens is 2. The second-order valence-corrected chi connectivity index (χ2v) is 21.4. The summed E-state index contributed by atoms with van der Waals surface area (Å²) in [6.45, 7) is 4.95. The number of carboxylic acids is 1. The number of aliphatic hydroxyl groups excluding tert-OH is 1. The number of hydrogen-bond acceptors (Lipinski definition) is 14. The first-order valence-electron chi connectivity index (χ1n) is 28.7. The first-order chi connectivity index (χ1) is 41.5. The number of hydrogen-bond donors (Lipinski definition) is 17. The van der Waals surface area contributed by atoms with Gasteiger partial charge in [0.15, 0.2) is 5.96 Å². The lowest BCUT2D eigenvalue weighted by molar-refractivity contribution is -0.138. The number of amides is 9. The third kappa shape index (κ3) is 21.3. The molecule has 0 fully saturated rings. The highest BCUT2D eigenvalue weighted by Crippen LogP contribution is 2.22. The van der Waals surface area contributed by atoms with Crippen molar-refractivity contribution in [1.82, 2.24) is 57.8 Å². The number of guanidine groups is 1. The smallest absolute Gasteiger partial charge is 0.322 e. The monoisotopic (exact) mass is 1210 g/mol. The van der Waals surface area contributed by atoms with Crippen molar-refractivity contribution in [2.75, 3.05) is 26.2 Å².